The summed E-state index contributed by atoms with van der Waals surface area (Å²) in [4.78, 5) is 13.1. The maximum atomic E-state index is 13.1. The number of aromatic amines is 1. The van der Waals surface area contributed by atoms with Crippen molar-refractivity contribution < 1.29 is 27.4 Å². The van der Waals surface area contributed by atoms with Gasteiger partial charge in [-0.1, -0.05) is 12.1 Å². The maximum absolute atomic E-state index is 13.1. The van der Waals surface area contributed by atoms with Crippen LogP contribution in [0.5, 0.6) is 5.75 Å². The predicted octanol–water partition coefficient (Wildman–Crippen LogP) is 3.24. The lowest BCUT2D eigenvalue weighted by Crippen LogP contribution is -2.51. The number of hydrogen-bond acceptors (Lipinski definition) is 4. The summed E-state index contributed by atoms with van der Waals surface area (Å²) in [6.07, 6.45) is 0.0404. The molecule has 2 heterocycles. The summed E-state index contributed by atoms with van der Waals surface area (Å²) in [5.74, 6) is -0.610. The molecular formula is C20H22F3N3O3. The molecule has 0 radical (unpaired) electrons. The number of aromatic nitrogens is 2. The topological polar surface area (TPSA) is 76.2 Å². The molecule has 1 saturated heterocycles. The van der Waals surface area contributed by atoms with Crippen LogP contribution in [0, 0.1) is 5.92 Å². The minimum Gasteiger partial charge on any atom is -0.406 e. The zero-order chi connectivity index (χ0) is 20.5. The maximum Gasteiger partial charge on any atom is 0.573 e. The second-order valence-electron chi connectivity index (χ2n) is 7.57. The van der Waals surface area contributed by atoms with Gasteiger partial charge in [0.1, 0.15) is 5.75 Å². The molecule has 0 bridgehead atoms. The third-order valence-corrected chi connectivity index (χ3v) is 5.72. The Labute approximate surface area is 165 Å². The van der Waals surface area contributed by atoms with Crippen molar-refractivity contribution in [3.8, 4) is 5.75 Å². The zero-order valence-corrected chi connectivity index (χ0v) is 15.7. The van der Waals surface area contributed by atoms with Crippen LogP contribution in [0.1, 0.15) is 36.1 Å². The van der Waals surface area contributed by atoms with E-state index in [9.17, 15) is 18.0 Å². The lowest BCUT2D eigenvalue weighted by atomic mass is 9.80. The molecule has 29 heavy (non-hydrogen) atoms. The van der Waals surface area contributed by atoms with Crippen LogP contribution in [0.2, 0.25) is 0 Å². The van der Waals surface area contributed by atoms with Gasteiger partial charge < -0.3 is 14.8 Å². The highest BCUT2D eigenvalue weighted by Crippen LogP contribution is 2.36. The highest BCUT2D eigenvalue weighted by Gasteiger charge is 2.39. The highest BCUT2D eigenvalue weighted by atomic mass is 19.4. The van der Waals surface area contributed by atoms with E-state index < -0.39 is 11.9 Å². The largest absolute Gasteiger partial charge is 0.573 e. The molecule has 0 spiro atoms. The summed E-state index contributed by atoms with van der Waals surface area (Å²) in [6.45, 7) is 0.833. The molecule has 1 aromatic carbocycles. The molecule has 1 aromatic heterocycles. The average Bonchev–Trinajstić information content (AvgIpc) is 3.15. The van der Waals surface area contributed by atoms with Gasteiger partial charge in [-0.15, -0.1) is 13.2 Å². The number of fused-ring (bicyclic) bond motifs is 1. The number of aryl methyl sites for hydroxylation is 1. The molecule has 1 atom stereocenters. The lowest BCUT2D eigenvalue weighted by molar-refractivity contribution is -0.274. The van der Waals surface area contributed by atoms with Gasteiger partial charge in [0.15, 0.2) is 0 Å². The van der Waals surface area contributed by atoms with E-state index in [2.05, 4.69) is 20.3 Å². The Kier molecular flexibility index (Phi) is 5.24. The summed E-state index contributed by atoms with van der Waals surface area (Å²) in [5.41, 5.74) is 1.91. The highest BCUT2D eigenvalue weighted by molar-refractivity contribution is 5.80. The number of hydrogen-bond donors (Lipinski definition) is 2. The van der Waals surface area contributed by atoms with Crippen molar-refractivity contribution >= 4 is 5.91 Å². The van der Waals surface area contributed by atoms with Gasteiger partial charge in [0.2, 0.25) is 5.91 Å². The monoisotopic (exact) mass is 409 g/mol. The standard InChI is InChI=1S/C20H22F3N3O3/c21-20(22,23)29-16-3-1-2-15(11-16)19(6-8-28-9-7-19)25-18(27)13-4-5-14-12-24-26-17(14)10-13/h1-3,11-13H,4-10H2,(H,24,26)(H,25,27). The van der Waals surface area contributed by atoms with E-state index in [1.807, 2.05) is 0 Å². The number of rotatable bonds is 4. The number of nitrogens with zero attached hydrogens (tertiary/aromatic N) is 1. The van der Waals surface area contributed by atoms with Gasteiger partial charge in [-0.25, -0.2) is 0 Å². The quantitative estimate of drug-likeness (QED) is 0.813. The Bertz CT molecular complexity index is 875. The fourth-order valence-electron chi connectivity index (χ4n) is 4.17. The average molecular weight is 409 g/mol. The number of carbonyl (C=O) groups excluding carboxylic acids is 1. The van der Waals surface area contributed by atoms with Crippen molar-refractivity contribution in [2.24, 2.45) is 5.92 Å². The van der Waals surface area contributed by atoms with Crippen molar-refractivity contribution in [2.75, 3.05) is 13.2 Å². The van der Waals surface area contributed by atoms with Gasteiger partial charge in [0.25, 0.3) is 0 Å². The Balaban J connectivity index is 1.56. The fourth-order valence-corrected chi connectivity index (χ4v) is 4.17. The second-order valence-corrected chi connectivity index (χ2v) is 7.57. The minimum atomic E-state index is -4.77. The summed E-state index contributed by atoms with van der Waals surface area (Å²) < 4.78 is 47.4. The van der Waals surface area contributed by atoms with E-state index in [4.69, 9.17) is 4.74 Å². The van der Waals surface area contributed by atoms with Crippen LogP contribution in [0.15, 0.2) is 30.5 Å². The summed E-state index contributed by atoms with van der Waals surface area (Å²) in [6, 6.07) is 5.85. The smallest absolute Gasteiger partial charge is 0.406 e. The molecule has 6 nitrogen and oxygen atoms in total. The van der Waals surface area contributed by atoms with Gasteiger partial charge in [-0.3, -0.25) is 9.89 Å². The van der Waals surface area contributed by atoms with E-state index in [0.29, 0.717) is 44.5 Å². The van der Waals surface area contributed by atoms with Gasteiger partial charge in [-0.2, -0.15) is 5.10 Å². The number of H-pyrrole nitrogens is 1. The molecule has 9 heteroatoms. The molecule has 4 rings (SSSR count). The summed E-state index contributed by atoms with van der Waals surface area (Å²) in [7, 11) is 0. The number of amides is 1. The fraction of sp³-hybridized carbons (Fsp3) is 0.500. The molecule has 1 aliphatic carbocycles. The Morgan fingerprint density at radius 2 is 2.10 bits per heavy atom. The van der Waals surface area contributed by atoms with Crippen LogP contribution in [0.25, 0.3) is 0 Å². The first-order valence-electron chi connectivity index (χ1n) is 9.62. The summed E-state index contributed by atoms with van der Waals surface area (Å²) >= 11 is 0. The van der Waals surface area contributed by atoms with Crippen molar-refractivity contribution in [3.05, 3.63) is 47.3 Å². The molecule has 156 valence electrons. The SMILES string of the molecule is O=C(NC1(c2cccc(OC(F)(F)F)c2)CCOCC1)C1CCc2cn[nH]c2C1. The number of carbonyl (C=O) groups is 1. The first kappa shape index (κ1) is 19.8. The minimum absolute atomic E-state index is 0.103. The third-order valence-electron chi connectivity index (χ3n) is 5.72. The molecule has 2 aromatic rings. The van der Waals surface area contributed by atoms with Gasteiger partial charge in [-0.05, 0) is 48.9 Å². The van der Waals surface area contributed by atoms with E-state index in [-0.39, 0.29) is 17.6 Å². The number of benzene rings is 1. The van der Waals surface area contributed by atoms with Gasteiger partial charge >= 0.3 is 6.36 Å². The lowest BCUT2D eigenvalue weighted by Gasteiger charge is -2.40. The van der Waals surface area contributed by atoms with E-state index in [1.165, 1.54) is 18.2 Å². The van der Waals surface area contributed by atoms with Crippen LogP contribution >= 0.6 is 0 Å². The molecular weight excluding hydrogens is 387 g/mol. The second kappa shape index (κ2) is 7.70. The molecule has 2 N–H and O–H groups in total. The van der Waals surface area contributed by atoms with Crippen LogP contribution in [-0.4, -0.2) is 35.7 Å². The van der Waals surface area contributed by atoms with E-state index >= 15 is 0 Å². The van der Waals surface area contributed by atoms with Crippen LogP contribution in [-0.2, 0) is 27.9 Å². The number of halogens is 3. The molecule has 1 amide bonds. The first-order valence-corrected chi connectivity index (χ1v) is 9.62. The van der Waals surface area contributed by atoms with E-state index in [0.717, 1.165) is 17.7 Å². The molecule has 1 fully saturated rings. The van der Waals surface area contributed by atoms with Gasteiger partial charge in [0.05, 0.1) is 11.7 Å². The van der Waals surface area contributed by atoms with Crippen LogP contribution in [0.3, 0.4) is 0 Å². The Morgan fingerprint density at radius 1 is 1.31 bits per heavy atom. The zero-order valence-electron chi connectivity index (χ0n) is 15.7. The normalized spacial score (nSPS) is 21.3. The molecule has 2 aliphatic rings. The Morgan fingerprint density at radius 3 is 2.86 bits per heavy atom. The molecule has 1 unspecified atom stereocenters. The third kappa shape index (κ3) is 4.39. The first-order chi connectivity index (χ1) is 13.8. The predicted molar refractivity (Wildman–Crippen MR) is 97.1 cm³/mol. The number of nitrogens with one attached hydrogen (secondary N) is 2. The molecule has 0 saturated carbocycles. The van der Waals surface area contributed by atoms with Crippen molar-refractivity contribution in [1.29, 1.82) is 0 Å². The van der Waals surface area contributed by atoms with Crippen LogP contribution in [0.4, 0.5) is 13.2 Å². The number of ether oxygens (including phenoxy) is 2. The van der Waals surface area contributed by atoms with E-state index in [1.54, 1.807) is 12.3 Å². The van der Waals surface area contributed by atoms with Gasteiger partial charge in [0, 0.05) is 31.2 Å². The summed E-state index contributed by atoms with van der Waals surface area (Å²) in [5, 5.41) is 10.1. The van der Waals surface area contributed by atoms with Crippen molar-refractivity contribution in [2.45, 2.75) is 44.0 Å². The van der Waals surface area contributed by atoms with Crippen molar-refractivity contribution in [3.63, 3.8) is 0 Å². The van der Waals surface area contributed by atoms with Crippen molar-refractivity contribution in [1.82, 2.24) is 15.5 Å². The molecule has 1 aliphatic heterocycles. The number of alkyl halides is 3. The van der Waals surface area contributed by atoms with Crippen LogP contribution < -0.4 is 10.1 Å². The Hall–Kier alpha value is -2.55.